The van der Waals surface area contributed by atoms with E-state index in [9.17, 15) is 9.59 Å². The van der Waals surface area contributed by atoms with Crippen LogP contribution in [0, 0.1) is 23.2 Å². The molecule has 0 radical (unpaired) electrons. The molecular formula is C44H77N3O4. The van der Waals surface area contributed by atoms with Crippen molar-refractivity contribution >= 4 is 11.9 Å². The number of imidazole rings is 1. The Morgan fingerprint density at radius 1 is 0.686 bits per heavy atom. The molecule has 7 heteroatoms. The number of hydrogen-bond acceptors (Lipinski definition) is 6. The third-order valence-corrected chi connectivity index (χ3v) is 12.5. The van der Waals surface area contributed by atoms with Crippen molar-refractivity contribution in [3.63, 3.8) is 0 Å². The first-order valence-electron chi connectivity index (χ1n) is 22.0. The summed E-state index contributed by atoms with van der Waals surface area (Å²) in [5, 5.41) is 0. The van der Waals surface area contributed by atoms with Gasteiger partial charge in [-0.05, 0) is 126 Å². The Morgan fingerprint density at radius 2 is 1.24 bits per heavy atom. The molecule has 1 heterocycles. The second kappa shape index (κ2) is 25.2. The second-order valence-electron chi connectivity index (χ2n) is 17.1. The van der Waals surface area contributed by atoms with Gasteiger partial charge in [-0.3, -0.25) is 9.59 Å². The van der Waals surface area contributed by atoms with Crippen molar-refractivity contribution in [1.82, 2.24) is 14.5 Å². The highest BCUT2D eigenvalue weighted by atomic mass is 16.5. The van der Waals surface area contributed by atoms with Gasteiger partial charge >= 0.3 is 11.9 Å². The third kappa shape index (κ3) is 17.7. The quantitative estimate of drug-likeness (QED) is 0.0564. The fraction of sp³-hybridized carbons (Fsp3) is 0.886. The van der Waals surface area contributed by atoms with Crippen LogP contribution in [0.2, 0.25) is 0 Å². The van der Waals surface area contributed by atoms with Crippen LogP contribution < -0.4 is 0 Å². The monoisotopic (exact) mass is 712 g/mol. The molecule has 2 atom stereocenters. The van der Waals surface area contributed by atoms with Crippen LogP contribution in [0.25, 0.3) is 0 Å². The number of esters is 2. The van der Waals surface area contributed by atoms with Crippen molar-refractivity contribution in [2.24, 2.45) is 23.2 Å². The van der Waals surface area contributed by atoms with Crippen LogP contribution in [0.15, 0.2) is 18.7 Å². The van der Waals surface area contributed by atoms with Crippen molar-refractivity contribution in [1.29, 1.82) is 0 Å². The van der Waals surface area contributed by atoms with Crippen LogP contribution in [0.3, 0.4) is 0 Å². The molecule has 2 unspecified atom stereocenters. The molecule has 4 aliphatic carbocycles. The summed E-state index contributed by atoms with van der Waals surface area (Å²) in [6, 6.07) is 0. The van der Waals surface area contributed by atoms with Gasteiger partial charge in [0.25, 0.3) is 0 Å². The van der Waals surface area contributed by atoms with Crippen LogP contribution in [0.1, 0.15) is 187 Å². The van der Waals surface area contributed by atoms with Crippen molar-refractivity contribution in [2.45, 2.75) is 193 Å². The molecule has 1 aromatic rings. The molecule has 0 aromatic carbocycles. The molecule has 5 rings (SSSR count). The zero-order valence-electron chi connectivity index (χ0n) is 33.0. The maximum atomic E-state index is 12.8. The van der Waals surface area contributed by atoms with E-state index in [0.717, 1.165) is 69.4 Å². The number of unbranched alkanes of at least 4 members (excludes halogenated alkanes) is 15. The summed E-state index contributed by atoms with van der Waals surface area (Å²) >= 11 is 0. The fourth-order valence-corrected chi connectivity index (χ4v) is 9.90. The van der Waals surface area contributed by atoms with Gasteiger partial charge in [0.05, 0.1) is 26.0 Å². The van der Waals surface area contributed by atoms with Gasteiger partial charge in [-0.25, -0.2) is 4.98 Å². The first kappa shape index (κ1) is 41.9. The zero-order chi connectivity index (χ0) is 35.8. The smallest absolute Gasteiger partial charge is 0.306 e. The topological polar surface area (TPSA) is 73.7 Å². The van der Waals surface area contributed by atoms with Gasteiger partial charge in [0, 0.05) is 25.4 Å². The SMILES string of the molecule is CCCCCCCCCOC(=O)CCCCCCCN(CCCCCCCCOC(=O)CC12CCC3CC(CC(C3)C1)C2)CCCn1ccnc1. The van der Waals surface area contributed by atoms with Crippen molar-refractivity contribution in [3.05, 3.63) is 18.7 Å². The van der Waals surface area contributed by atoms with Crippen LogP contribution in [0.5, 0.6) is 0 Å². The predicted octanol–water partition coefficient (Wildman–Crippen LogP) is 11.1. The Kier molecular flexibility index (Phi) is 20.7. The van der Waals surface area contributed by atoms with Crippen LogP contribution >= 0.6 is 0 Å². The lowest BCUT2D eigenvalue weighted by atomic mass is 9.60. The molecule has 7 nitrogen and oxygen atoms in total. The highest BCUT2D eigenvalue weighted by molar-refractivity contribution is 5.70. The number of carbonyl (C=O) groups excluding carboxylic acids is 2. The lowest BCUT2D eigenvalue weighted by molar-refractivity contribution is -0.148. The molecule has 0 spiro atoms. The molecule has 0 N–H and O–H groups in total. The number of fused-ring (bicyclic) bond motifs is 1. The normalized spacial score (nSPS) is 22.4. The van der Waals surface area contributed by atoms with E-state index in [4.69, 9.17) is 9.47 Å². The van der Waals surface area contributed by atoms with Gasteiger partial charge in [-0.2, -0.15) is 0 Å². The minimum atomic E-state index is -0.00815. The number of hydrogen-bond donors (Lipinski definition) is 0. The van der Waals surface area contributed by atoms with Gasteiger partial charge in [-0.1, -0.05) is 90.4 Å². The van der Waals surface area contributed by atoms with E-state index < -0.39 is 0 Å². The Balaban J connectivity index is 0.974. The predicted molar refractivity (Wildman–Crippen MR) is 208 cm³/mol. The Bertz CT molecular complexity index is 1030. The average Bonchev–Trinajstić information content (AvgIpc) is 3.56. The number of rotatable bonds is 31. The molecule has 4 saturated carbocycles. The summed E-state index contributed by atoms with van der Waals surface area (Å²) in [5.41, 5.74) is 0.271. The van der Waals surface area contributed by atoms with Crippen molar-refractivity contribution < 1.29 is 19.1 Å². The maximum absolute atomic E-state index is 12.8. The van der Waals surface area contributed by atoms with E-state index in [1.54, 1.807) is 0 Å². The molecule has 4 fully saturated rings. The first-order valence-corrected chi connectivity index (χ1v) is 22.0. The summed E-state index contributed by atoms with van der Waals surface area (Å²) in [6.45, 7) is 7.96. The van der Waals surface area contributed by atoms with Crippen LogP contribution in [-0.4, -0.2) is 59.2 Å². The van der Waals surface area contributed by atoms with E-state index in [1.807, 2.05) is 12.5 Å². The minimum absolute atomic E-state index is 0.00815. The summed E-state index contributed by atoms with van der Waals surface area (Å²) in [6.07, 6.45) is 39.4. The fourth-order valence-electron chi connectivity index (χ4n) is 9.90. The zero-order valence-corrected chi connectivity index (χ0v) is 33.0. The summed E-state index contributed by atoms with van der Waals surface area (Å²) < 4.78 is 13.4. The van der Waals surface area contributed by atoms with Crippen LogP contribution in [-0.2, 0) is 25.6 Å². The number of aromatic nitrogens is 2. The molecule has 1 aromatic heterocycles. The number of ether oxygens (including phenoxy) is 2. The Labute approximate surface area is 312 Å². The minimum Gasteiger partial charge on any atom is -0.466 e. The van der Waals surface area contributed by atoms with Crippen molar-refractivity contribution in [3.8, 4) is 0 Å². The lowest BCUT2D eigenvalue weighted by Crippen LogP contribution is -2.36. The number of nitrogens with zero attached hydrogens (tertiary/aromatic N) is 3. The highest BCUT2D eigenvalue weighted by Gasteiger charge is 2.48. The average molecular weight is 712 g/mol. The summed E-state index contributed by atoms with van der Waals surface area (Å²) in [7, 11) is 0. The van der Waals surface area contributed by atoms with Gasteiger partial charge in [0.2, 0.25) is 0 Å². The summed E-state index contributed by atoms with van der Waals surface area (Å²) in [5.74, 6) is 2.79. The molecule has 4 aliphatic rings. The van der Waals surface area contributed by atoms with Gasteiger partial charge in [-0.15, -0.1) is 0 Å². The summed E-state index contributed by atoms with van der Waals surface area (Å²) in [4.78, 5) is 31.7. The van der Waals surface area contributed by atoms with Crippen LogP contribution in [0.4, 0.5) is 0 Å². The van der Waals surface area contributed by atoms with E-state index in [2.05, 4.69) is 27.6 Å². The first-order chi connectivity index (χ1) is 25.0. The van der Waals surface area contributed by atoms with E-state index in [-0.39, 0.29) is 17.4 Å². The number of aryl methyl sites for hydroxylation is 1. The van der Waals surface area contributed by atoms with E-state index in [0.29, 0.717) is 26.1 Å². The Morgan fingerprint density at radius 3 is 1.86 bits per heavy atom. The molecule has 51 heavy (non-hydrogen) atoms. The third-order valence-electron chi connectivity index (χ3n) is 12.5. The highest BCUT2D eigenvalue weighted by Crippen LogP contribution is 2.58. The number of carbonyl (C=O) groups is 2. The molecule has 0 amide bonds. The standard InChI is InChI=1S/C44H77N3O4/c1-2-3-4-5-7-13-18-30-50-42(48)21-15-10-9-12-17-26-46(27-20-28-47-29-24-45-38-47)25-16-11-6-8-14-19-31-51-43(49)37-44-23-22-39-32-40(35-44)34-41(33-39)36-44/h24,29,38-41H,2-23,25-28,30-37H2,1H3. The van der Waals surface area contributed by atoms with Gasteiger partial charge in [0.1, 0.15) is 0 Å². The Hall–Kier alpha value is -1.89. The van der Waals surface area contributed by atoms with Crippen molar-refractivity contribution in [2.75, 3.05) is 32.8 Å². The lowest BCUT2D eigenvalue weighted by Gasteiger charge is -2.45. The largest absolute Gasteiger partial charge is 0.466 e. The van der Waals surface area contributed by atoms with E-state index in [1.165, 1.54) is 142 Å². The molecule has 4 bridgehead atoms. The van der Waals surface area contributed by atoms with Gasteiger partial charge in [0.15, 0.2) is 0 Å². The van der Waals surface area contributed by atoms with Gasteiger partial charge < -0.3 is 18.9 Å². The second-order valence-corrected chi connectivity index (χ2v) is 17.1. The molecule has 292 valence electrons. The van der Waals surface area contributed by atoms with E-state index >= 15 is 0 Å². The molecular weight excluding hydrogens is 635 g/mol. The maximum Gasteiger partial charge on any atom is 0.306 e. The molecule has 0 aliphatic heterocycles. The molecule has 0 saturated heterocycles.